The van der Waals surface area contributed by atoms with Gasteiger partial charge in [0.2, 0.25) is 0 Å². The minimum absolute atomic E-state index is 0.0923. The number of imidazole rings is 1. The van der Waals surface area contributed by atoms with Crippen LogP contribution in [-0.4, -0.2) is 8.97 Å². The van der Waals surface area contributed by atoms with Gasteiger partial charge in [-0.05, 0) is 0 Å². The first kappa shape index (κ1) is 26.2. The van der Waals surface area contributed by atoms with Crippen molar-refractivity contribution in [2.24, 2.45) is 0 Å². The molecule has 2 nitrogen and oxygen atoms in total. The van der Waals surface area contributed by atoms with Gasteiger partial charge in [0.05, 0.1) is 0 Å². The van der Waals surface area contributed by atoms with Crippen molar-refractivity contribution in [2.75, 3.05) is 0 Å². The van der Waals surface area contributed by atoms with E-state index in [-0.39, 0.29) is 16.5 Å². The Bertz CT molecular complexity index is 1420. The molecule has 0 amide bonds. The Morgan fingerprint density at radius 3 is 1.83 bits per heavy atom. The average molecular weight is 581 g/mol. The molecular weight excluding hydrogens is 542 g/mol. The maximum absolute atomic E-state index is 6.78. The predicted molar refractivity (Wildman–Crippen MR) is 148 cm³/mol. The van der Waals surface area contributed by atoms with Gasteiger partial charge < -0.3 is 0 Å². The SMILES string of the molecule is Cc1cc(C)c(-n2cc3cccc(-c4c(C(C)C)cc(C(C)C)cc4C(C)C)n3[c]2=[Pd][Cl])c(C)c1. The van der Waals surface area contributed by atoms with Gasteiger partial charge in [-0.2, -0.15) is 0 Å². The van der Waals surface area contributed by atoms with Gasteiger partial charge in [-0.25, -0.2) is 0 Å². The molecule has 4 heteroatoms. The van der Waals surface area contributed by atoms with Crippen LogP contribution in [0.1, 0.15) is 92.7 Å². The van der Waals surface area contributed by atoms with Gasteiger partial charge in [0.25, 0.3) is 0 Å². The number of aryl methyl sites for hydroxylation is 3. The van der Waals surface area contributed by atoms with Gasteiger partial charge in [0, 0.05) is 0 Å². The van der Waals surface area contributed by atoms with Crippen LogP contribution in [0.25, 0.3) is 22.5 Å². The molecule has 0 bridgehead atoms. The Morgan fingerprint density at radius 2 is 1.34 bits per heavy atom. The first-order valence-electron chi connectivity index (χ1n) is 12.6. The Kier molecular flexibility index (Phi) is 7.63. The van der Waals surface area contributed by atoms with Gasteiger partial charge in [-0.3, -0.25) is 0 Å². The quantitative estimate of drug-likeness (QED) is 0.208. The monoisotopic (exact) mass is 579 g/mol. The van der Waals surface area contributed by atoms with Crippen LogP contribution in [-0.2, 0) is 16.5 Å². The third-order valence-corrected chi connectivity index (χ3v) is 8.57. The number of benzene rings is 2. The van der Waals surface area contributed by atoms with E-state index in [2.05, 4.69) is 120 Å². The fraction of sp³-hybridized carbons (Fsp3) is 0.387. The van der Waals surface area contributed by atoms with Gasteiger partial charge in [0.1, 0.15) is 0 Å². The summed E-state index contributed by atoms with van der Waals surface area (Å²) in [5.41, 5.74) is 13.1. The molecule has 0 aliphatic heterocycles. The third kappa shape index (κ3) is 4.76. The number of aromatic nitrogens is 2. The van der Waals surface area contributed by atoms with Crippen molar-refractivity contribution in [2.45, 2.75) is 80.1 Å². The molecule has 0 aliphatic carbocycles. The second-order valence-corrected chi connectivity index (χ2v) is 12.5. The molecule has 0 aliphatic rings. The molecule has 2 heterocycles. The van der Waals surface area contributed by atoms with Crippen LogP contribution in [0.5, 0.6) is 0 Å². The van der Waals surface area contributed by atoms with Gasteiger partial charge in [0.15, 0.2) is 0 Å². The van der Waals surface area contributed by atoms with Gasteiger partial charge in [-0.15, -0.1) is 0 Å². The summed E-state index contributed by atoms with van der Waals surface area (Å²) in [6, 6.07) is 16.1. The molecule has 4 rings (SSSR count). The van der Waals surface area contributed by atoms with E-state index in [1.165, 1.54) is 55.8 Å². The van der Waals surface area contributed by atoms with Crippen LogP contribution in [0.2, 0.25) is 0 Å². The topological polar surface area (TPSA) is 9.34 Å². The zero-order valence-corrected chi connectivity index (χ0v) is 24.8. The van der Waals surface area contributed by atoms with Crippen molar-refractivity contribution >= 4 is 15.0 Å². The first-order valence-corrected chi connectivity index (χ1v) is 15.4. The van der Waals surface area contributed by atoms with Gasteiger partial charge in [-0.1, -0.05) is 0 Å². The normalized spacial score (nSPS) is 13.1. The second kappa shape index (κ2) is 10.2. The van der Waals surface area contributed by atoms with Gasteiger partial charge >= 0.3 is 223 Å². The van der Waals surface area contributed by atoms with E-state index >= 15 is 0 Å². The summed E-state index contributed by atoms with van der Waals surface area (Å²) in [5.74, 6) is 1.34. The summed E-state index contributed by atoms with van der Waals surface area (Å²) in [7, 11) is 6.78. The van der Waals surface area contributed by atoms with Crippen molar-refractivity contribution in [1.82, 2.24) is 8.97 Å². The zero-order valence-electron chi connectivity index (χ0n) is 22.4. The van der Waals surface area contributed by atoms with E-state index in [4.69, 9.17) is 9.53 Å². The fourth-order valence-corrected chi connectivity index (χ4v) is 6.90. The molecule has 0 saturated carbocycles. The van der Waals surface area contributed by atoms with Crippen molar-refractivity contribution < 1.29 is 16.5 Å². The molecule has 0 unspecified atom stereocenters. The average Bonchev–Trinajstić information content (AvgIpc) is 3.15. The second-order valence-electron chi connectivity index (χ2n) is 10.8. The molecule has 2 aromatic carbocycles. The Labute approximate surface area is 222 Å². The molecule has 189 valence electrons. The van der Waals surface area contributed by atoms with Crippen molar-refractivity contribution in [1.29, 1.82) is 0 Å². The number of hydrogen-bond donors (Lipinski definition) is 0. The molecule has 0 saturated heterocycles. The van der Waals surface area contributed by atoms with Crippen LogP contribution in [0.15, 0.2) is 48.7 Å². The standard InChI is InChI=1S/C31H38N2.ClH.Pd/c1-19(2)25-15-27(20(3)4)30(28(16-25)21(5)6)29-12-10-11-26-17-32(18-33(26)29)31-23(8)13-22(7)14-24(31)9;;/h10-17,19-21H,1-9H3;1H;/q;;+1/p-1. The number of rotatable bonds is 5. The molecule has 0 N–H and O–H groups in total. The van der Waals surface area contributed by atoms with E-state index in [1.54, 1.807) is 0 Å². The summed E-state index contributed by atoms with van der Waals surface area (Å²) < 4.78 is 5.87. The fourth-order valence-electron chi connectivity index (χ4n) is 5.31. The molecule has 0 radical (unpaired) electrons. The van der Waals surface area contributed by atoms with E-state index in [0.717, 1.165) is 3.89 Å². The van der Waals surface area contributed by atoms with Crippen molar-refractivity contribution in [3.05, 3.63) is 85.9 Å². The molecule has 0 atom stereocenters. The van der Waals surface area contributed by atoms with Crippen LogP contribution < -0.4 is 0 Å². The predicted octanol–water partition coefficient (Wildman–Crippen LogP) is 9.46. The third-order valence-electron chi connectivity index (χ3n) is 6.95. The number of fused-ring (bicyclic) bond motifs is 1. The molecular formula is C31H38ClN2Pd. The summed E-state index contributed by atoms with van der Waals surface area (Å²) in [6.45, 7) is 20.4. The first-order chi connectivity index (χ1) is 16.5. The Hall–Kier alpha value is -1.92. The number of pyridine rings is 1. The summed E-state index contributed by atoms with van der Waals surface area (Å²) >= 11 is -0.0923. The van der Waals surface area contributed by atoms with Crippen LogP contribution in [0.3, 0.4) is 0 Å². The van der Waals surface area contributed by atoms with E-state index < -0.39 is 0 Å². The van der Waals surface area contributed by atoms with E-state index in [0.29, 0.717) is 17.8 Å². The molecule has 2 aromatic heterocycles. The number of nitrogens with zero attached hydrogens (tertiary/aromatic N) is 2. The Balaban J connectivity index is 2.15. The molecule has 0 spiro atoms. The summed E-state index contributed by atoms with van der Waals surface area (Å²) in [5, 5.41) is 0. The summed E-state index contributed by atoms with van der Waals surface area (Å²) in [6.07, 6.45) is 2.26. The molecule has 35 heavy (non-hydrogen) atoms. The van der Waals surface area contributed by atoms with Crippen LogP contribution in [0.4, 0.5) is 0 Å². The Morgan fingerprint density at radius 1 is 0.771 bits per heavy atom. The molecule has 0 fully saturated rings. The summed E-state index contributed by atoms with van der Waals surface area (Å²) in [4.78, 5) is 0. The number of hydrogen-bond acceptors (Lipinski definition) is 0. The van der Waals surface area contributed by atoms with Crippen molar-refractivity contribution in [3.63, 3.8) is 0 Å². The number of halogens is 1. The minimum atomic E-state index is -0.0923. The van der Waals surface area contributed by atoms with Crippen LogP contribution >= 0.6 is 9.53 Å². The maximum atomic E-state index is 6.78. The van der Waals surface area contributed by atoms with Crippen molar-refractivity contribution in [3.8, 4) is 16.9 Å². The van der Waals surface area contributed by atoms with E-state index in [9.17, 15) is 0 Å². The zero-order chi connectivity index (χ0) is 25.6. The van der Waals surface area contributed by atoms with E-state index in [1.807, 2.05) is 0 Å². The molecule has 4 aromatic rings. The van der Waals surface area contributed by atoms with Crippen LogP contribution in [0, 0.1) is 24.7 Å².